The molecule has 2 N–H and O–H groups in total. The lowest BCUT2D eigenvalue weighted by Crippen LogP contribution is -2.61. The molecule has 0 radical (unpaired) electrons. The first kappa shape index (κ1) is 30.9. The summed E-state index contributed by atoms with van der Waals surface area (Å²) in [5, 5.41) is 7.53. The number of hydrogen-bond donors (Lipinski definition) is 2. The quantitative estimate of drug-likeness (QED) is 0.157. The molecule has 3 heteroatoms. The van der Waals surface area contributed by atoms with Crippen LogP contribution < -0.4 is 10.6 Å². The molecule has 0 aromatic carbocycles. The van der Waals surface area contributed by atoms with Gasteiger partial charge in [-0.05, 0) is 59.9 Å². The van der Waals surface area contributed by atoms with Crippen LogP contribution in [0.15, 0.2) is 0 Å². The molecular weight excluding hydrogens is 404 g/mol. The summed E-state index contributed by atoms with van der Waals surface area (Å²) in [6, 6.07) is 0.622. The van der Waals surface area contributed by atoms with E-state index in [0.29, 0.717) is 6.04 Å². The van der Waals surface area contributed by atoms with Crippen molar-refractivity contribution in [1.82, 2.24) is 10.6 Å². The molecule has 0 aliphatic carbocycles. The van der Waals surface area contributed by atoms with E-state index < -0.39 is 0 Å². The van der Waals surface area contributed by atoms with Crippen LogP contribution in [0.3, 0.4) is 0 Å². The van der Waals surface area contributed by atoms with Gasteiger partial charge in [-0.3, -0.25) is 0 Å². The lowest BCUT2D eigenvalue weighted by atomic mass is 9.79. The van der Waals surface area contributed by atoms with Crippen molar-refractivity contribution in [1.29, 1.82) is 0 Å². The van der Waals surface area contributed by atoms with Crippen LogP contribution in [0.1, 0.15) is 157 Å². The maximum absolute atomic E-state index is 5.87. The standard InChI is InChI=1S/C30H62N2O/c1-6-7-8-9-10-11-12-13-14-15-16-17-18-19-20-21-24-33-25-22-23-31-28-26-29(2,3)32-30(4,5)27-28/h28,31-32H,6-27H2,1-5H3. The average molecular weight is 467 g/mol. The van der Waals surface area contributed by atoms with Crippen molar-refractivity contribution in [3.8, 4) is 0 Å². The van der Waals surface area contributed by atoms with Gasteiger partial charge in [0.1, 0.15) is 0 Å². The molecule has 0 saturated carbocycles. The van der Waals surface area contributed by atoms with Crippen molar-refractivity contribution in [2.24, 2.45) is 0 Å². The minimum absolute atomic E-state index is 0.225. The van der Waals surface area contributed by atoms with Crippen molar-refractivity contribution in [2.75, 3.05) is 19.8 Å². The molecule has 33 heavy (non-hydrogen) atoms. The maximum atomic E-state index is 5.87. The van der Waals surface area contributed by atoms with Crippen molar-refractivity contribution in [2.45, 2.75) is 174 Å². The topological polar surface area (TPSA) is 33.3 Å². The zero-order valence-electron chi connectivity index (χ0n) is 23.5. The summed E-state index contributed by atoms with van der Waals surface area (Å²) in [7, 11) is 0. The average Bonchev–Trinajstić information content (AvgIpc) is 2.72. The summed E-state index contributed by atoms with van der Waals surface area (Å²) in [6.45, 7) is 14.5. The molecule has 1 heterocycles. The van der Waals surface area contributed by atoms with Crippen LogP contribution >= 0.6 is 0 Å². The zero-order chi connectivity index (χ0) is 24.3. The first-order valence-corrected chi connectivity index (χ1v) is 15.0. The van der Waals surface area contributed by atoms with Gasteiger partial charge in [-0.25, -0.2) is 0 Å². The van der Waals surface area contributed by atoms with Gasteiger partial charge < -0.3 is 15.4 Å². The van der Waals surface area contributed by atoms with Gasteiger partial charge >= 0.3 is 0 Å². The third-order valence-electron chi connectivity index (χ3n) is 7.23. The van der Waals surface area contributed by atoms with Crippen LogP contribution in [0, 0.1) is 0 Å². The number of unbranched alkanes of at least 4 members (excludes halogenated alkanes) is 15. The Bertz CT molecular complexity index is 419. The second-order valence-electron chi connectivity index (χ2n) is 12.2. The predicted octanol–water partition coefficient (Wildman–Crippen LogP) is 8.55. The van der Waals surface area contributed by atoms with Crippen LogP contribution in [0.2, 0.25) is 0 Å². The molecular formula is C30H62N2O. The highest BCUT2D eigenvalue weighted by atomic mass is 16.5. The molecule has 1 fully saturated rings. The van der Waals surface area contributed by atoms with Crippen molar-refractivity contribution < 1.29 is 4.74 Å². The van der Waals surface area contributed by atoms with Crippen molar-refractivity contribution >= 4 is 0 Å². The fraction of sp³-hybridized carbons (Fsp3) is 1.00. The second kappa shape index (κ2) is 19.1. The summed E-state index contributed by atoms with van der Waals surface area (Å²) < 4.78 is 5.87. The first-order valence-electron chi connectivity index (χ1n) is 15.0. The molecule has 3 nitrogen and oxygen atoms in total. The summed E-state index contributed by atoms with van der Waals surface area (Å²) in [4.78, 5) is 0. The van der Waals surface area contributed by atoms with Gasteiger partial charge in [0.15, 0.2) is 0 Å². The minimum atomic E-state index is 0.225. The van der Waals surface area contributed by atoms with Gasteiger partial charge in [-0.1, -0.05) is 103 Å². The lowest BCUT2D eigenvalue weighted by molar-refractivity contribution is 0.120. The van der Waals surface area contributed by atoms with Crippen LogP contribution in [0.25, 0.3) is 0 Å². The van der Waals surface area contributed by atoms with E-state index in [1.807, 2.05) is 0 Å². The van der Waals surface area contributed by atoms with Gasteiger partial charge in [0.25, 0.3) is 0 Å². The van der Waals surface area contributed by atoms with E-state index in [2.05, 4.69) is 45.3 Å². The summed E-state index contributed by atoms with van der Waals surface area (Å²) in [6.07, 6.45) is 26.3. The molecule has 1 aliphatic heterocycles. The van der Waals surface area contributed by atoms with Gasteiger partial charge in [-0.2, -0.15) is 0 Å². The van der Waals surface area contributed by atoms with E-state index in [9.17, 15) is 0 Å². The predicted molar refractivity (Wildman–Crippen MR) is 147 cm³/mol. The van der Waals surface area contributed by atoms with Crippen LogP contribution in [0.4, 0.5) is 0 Å². The first-order chi connectivity index (χ1) is 15.8. The lowest BCUT2D eigenvalue weighted by Gasteiger charge is -2.46. The number of rotatable bonds is 22. The Labute approximate surface area is 209 Å². The van der Waals surface area contributed by atoms with Crippen molar-refractivity contribution in [3.05, 3.63) is 0 Å². The fourth-order valence-electron chi connectivity index (χ4n) is 5.80. The molecule has 1 saturated heterocycles. The third-order valence-corrected chi connectivity index (χ3v) is 7.23. The fourth-order valence-corrected chi connectivity index (χ4v) is 5.80. The second-order valence-corrected chi connectivity index (χ2v) is 12.2. The Balaban J connectivity index is 1.76. The zero-order valence-corrected chi connectivity index (χ0v) is 23.5. The van der Waals surface area contributed by atoms with Gasteiger partial charge in [0, 0.05) is 30.3 Å². The smallest absolute Gasteiger partial charge is 0.0478 e. The molecule has 0 spiro atoms. The Morgan fingerprint density at radius 1 is 0.606 bits per heavy atom. The summed E-state index contributed by atoms with van der Waals surface area (Å²) in [5.74, 6) is 0. The third kappa shape index (κ3) is 18.8. The van der Waals surface area contributed by atoms with E-state index in [0.717, 1.165) is 26.2 Å². The van der Waals surface area contributed by atoms with E-state index in [1.165, 1.54) is 116 Å². The van der Waals surface area contributed by atoms with Gasteiger partial charge in [-0.15, -0.1) is 0 Å². The molecule has 1 rings (SSSR count). The van der Waals surface area contributed by atoms with Crippen LogP contribution in [0.5, 0.6) is 0 Å². The summed E-state index contributed by atoms with van der Waals surface area (Å²) >= 11 is 0. The molecule has 0 amide bonds. The Kier molecular flexibility index (Phi) is 17.9. The Hall–Kier alpha value is -0.120. The molecule has 0 atom stereocenters. The molecule has 0 bridgehead atoms. The van der Waals surface area contributed by atoms with E-state index in [1.54, 1.807) is 0 Å². The molecule has 0 aromatic heterocycles. The maximum Gasteiger partial charge on any atom is 0.0478 e. The SMILES string of the molecule is CCCCCCCCCCCCCCCCCCOCCCNC1CC(C)(C)NC(C)(C)C1. The minimum Gasteiger partial charge on any atom is -0.381 e. The summed E-state index contributed by atoms with van der Waals surface area (Å²) in [5.41, 5.74) is 0.451. The monoisotopic (exact) mass is 466 g/mol. The largest absolute Gasteiger partial charge is 0.381 e. The normalized spacial score (nSPS) is 18.1. The van der Waals surface area contributed by atoms with Crippen LogP contribution in [-0.2, 0) is 4.74 Å². The molecule has 0 unspecified atom stereocenters. The van der Waals surface area contributed by atoms with E-state index in [4.69, 9.17) is 4.74 Å². The highest BCUT2D eigenvalue weighted by Gasteiger charge is 2.37. The molecule has 1 aliphatic rings. The van der Waals surface area contributed by atoms with E-state index >= 15 is 0 Å². The van der Waals surface area contributed by atoms with E-state index in [-0.39, 0.29) is 11.1 Å². The van der Waals surface area contributed by atoms with Crippen LogP contribution in [-0.4, -0.2) is 36.9 Å². The number of nitrogens with one attached hydrogen (secondary N) is 2. The Morgan fingerprint density at radius 3 is 1.45 bits per heavy atom. The van der Waals surface area contributed by atoms with Crippen molar-refractivity contribution in [3.63, 3.8) is 0 Å². The number of piperidine rings is 1. The number of hydrogen-bond acceptors (Lipinski definition) is 3. The van der Waals surface area contributed by atoms with Gasteiger partial charge in [0.05, 0.1) is 0 Å². The highest BCUT2D eigenvalue weighted by molar-refractivity contribution is 4.99. The Morgan fingerprint density at radius 2 is 1.00 bits per heavy atom. The molecule has 198 valence electrons. The number of ether oxygens (including phenoxy) is 1. The van der Waals surface area contributed by atoms with Gasteiger partial charge in [0.2, 0.25) is 0 Å². The molecule has 0 aromatic rings. The highest BCUT2D eigenvalue weighted by Crippen LogP contribution is 2.28.